The van der Waals surface area contributed by atoms with Crippen LogP contribution in [0.5, 0.6) is 0 Å². The second-order valence-electron chi connectivity index (χ2n) is 7.39. The molecule has 1 aromatic carbocycles. The van der Waals surface area contributed by atoms with Crippen molar-refractivity contribution in [1.82, 2.24) is 20.0 Å². The maximum absolute atomic E-state index is 12.6. The van der Waals surface area contributed by atoms with Crippen LogP contribution in [0.4, 0.5) is 4.79 Å². The summed E-state index contributed by atoms with van der Waals surface area (Å²) in [5.74, 6) is 0.884. The maximum Gasteiger partial charge on any atom is 0.320 e. The van der Waals surface area contributed by atoms with E-state index in [1.165, 1.54) is 6.42 Å². The molecule has 1 atom stereocenters. The van der Waals surface area contributed by atoms with E-state index in [-0.39, 0.29) is 11.9 Å². The van der Waals surface area contributed by atoms with Crippen LogP contribution in [0.3, 0.4) is 0 Å². The Labute approximate surface area is 156 Å². The summed E-state index contributed by atoms with van der Waals surface area (Å²) in [4.78, 5) is 30.5. The summed E-state index contributed by atoms with van der Waals surface area (Å²) in [6, 6.07) is 10.0. The first-order valence-corrected chi connectivity index (χ1v) is 9.66. The second kappa shape index (κ2) is 9.03. The molecule has 6 nitrogen and oxygen atoms in total. The van der Waals surface area contributed by atoms with E-state index in [9.17, 15) is 9.59 Å². The largest absolute Gasteiger partial charge is 0.339 e. The van der Waals surface area contributed by atoms with Crippen molar-refractivity contribution in [2.45, 2.75) is 25.8 Å². The van der Waals surface area contributed by atoms with Gasteiger partial charge in [0.25, 0.3) is 0 Å². The highest BCUT2D eigenvalue weighted by atomic mass is 16.2. The zero-order valence-corrected chi connectivity index (χ0v) is 15.7. The molecule has 6 heteroatoms. The van der Waals surface area contributed by atoms with Gasteiger partial charge >= 0.3 is 6.03 Å². The van der Waals surface area contributed by atoms with E-state index in [4.69, 9.17) is 0 Å². The number of carbonyl (C=O) groups is 2. The Morgan fingerprint density at radius 2 is 1.81 bits per heavy atom. The minimum Gasteiger partial charge on any atom is -0.339 e. The molecule has 0 bridgehead atoms. The van der Waals surface area contributed by atoms with E-state index < -0.39 is 0 Å². The number of rotatable bonds is 5. The van der Waals surface area contributed by atoms with Crippen molar-refractivity contribution in [2.24, 2.45) is 5.92 Å². The third kappa shape index (κ3) is 4.97. The fourth-order valence-electron chi connectivity index (χ4n) is 3.76. The van der Waals surface area contributed by atoms with E-state index in [2.05, 4.69) is 5.32 Å². The molecule has 3 amide bonds. The van der Waals surface area contributed by atoms with Crippen LogP contribution in [0.2, 0.25) is 0 Å². The molecule has 142 valence electrons. The van der Waals surface area contributed by atoms with Crippen LogP contribution in [-0.4, -0.2) is 73.0 Å². The SMILES string of the molecule is CN(Cc1ccccc1)C(=O)N1CCN(C(=O)CCC2CCNC2)CC1. The molecule has 0 aliphatic carbocycles. The van der Waals surface area contributed by atoms with E-state index in [0.717, 1.165) is 25.1 Å². The van der Waals surface area contributed by atoms with Crippen molar-refractivity contribution in [2.75, 3.05) is 46.3 Å². The molecule has 2 fully saturated rings. The fraction of sp³-hybridized carbons (Fsp3) is 0.600. The molecule has 0 saturated carbocycles. The summed E-state index contributed by atoms with van der Waals surface area (Å²) >= 11 is 0. The lowest BCUT2D eigenvalue weighted by atomic mass is 10.0. The lowest BCUT2D eigenvalue weighted by Gasteiger charge is -2.36. The van der Waals surface area contributed by atoms with Crippen LogP contribution in [0.1, 0.15) is 24.8 Å². The van der Waals surface area contributed by atoms with Crippen LogP contribution in [0, 0.1) is 5.92 Å². The van der Waals surface area contributed by atoms with Gasteiger partial charge in [0.15, 0.2) is 0 Å². The molecule has 1 aromatic rings. The van der Waals surface area contributed by atoms with Crippen molar-refractivity contribution in [3.05, 3.63) is 35.9 Å². The van der Waals surface area contributed by atoms with Gasteiger partial charge in [0.05, 0.1) is 0 Å². The van der Waals surface area contributed by atoms with E-state index in [0.29, 0.717) is 45.1 Å². The molecule has 0 aromatic heterocycles. The number of hydrogen-bond acceptors (Lipinski definition) is 3. The summed E-state index contributed by atoms with van der Waals surface area (Å²) in [6.45, 7) is 5.26. The number of benzene rings is 1. The number of nitrogens with one attached hydrogen (secondary N) is 1. The zero-order valence-electron chi connectivity index (χ0n) is 15.7. The molecular weight excluding hydrogens is 328 g/mol. The van der Waals surface area contributed by atoms with E-state index in [1.54, 1.807) is 4.90 Å². The van der Waals surface area contributed by atoms with Crippen molar-refractivity contribution < 1.29 is 9.59 Å². The van der Waals surface area contributed by atoms with Gasteiger partial charge in [0.2, 0.25) is 5.91 Å². The molecule has 0 spiro atoms. The van der Waals surface area contributed by atoms with Crippen LogP contribution in [0.15, 0.2) is 30.3 Å². The van der Waals surface area contributed by atoms with Gasteiger partial charge in [-0.3, -0.25) is 4.79 Å². The van der Waals surface area contributed by atoms with Gasteiger partial charge in [-0.2, -0.15) is 0 Å². The van der Waals surface area contributed by atoms with Gasteiger partial charge in [-0.05, 0) is 37.4 Å². The van der Waals surface area contributed by atoms with Crippen molar-refractivity contribution >= 4 is 11.9 Å². The minimum absolute atomic E-state index is 0.0398. The highest BCUT2D eigenvalue weighted by Crippen LogP contribution is 2.16. The Balaban J connectivity index is 1.40. The first-order chi connectivity index (χ1) is 12.6. The van der Waals surface area contributed by atoms with Gasteiger partial charge < -0.3 is 20.0 Å². The van der Waals surface area contributed by atoms with Crippen LogP contribution in [0.25, 0.3) is 0 Å². The fourth-order valence-corrected chi connectivity index (χ4v) is 3.76. The summed E-state index contributed by atoms with van der Waals surface area (Å²) < 4.78 is 0. The Morgan fingerprint density at radius 3 is 2.46 bits per heavy atom. The molecule has 1 N–H and O–H groups in total. The van der Waals surface area contributed by atoms with Gasteiger partial charge in [0, 0.05) is 46.2 Å². The number of urea groups is 1. The topological polar surface area (TPSA) is 55.9 Å². The second-order valence-corrected chi connectivity index (χ2v) is 7.39. The van der Waals surface area contributed by atoms with Crippen LogP contribution < -0.4 is 5.32 Å². The molecule has 2 heterocycles. The normalized spacial score (nSPS) is 20.3. The first kappa shape index (κ1) is 18.7. The zero-order chi connectivity index (χ0) is 18.4. The number of nitrogens with zero attached hydrogens (tertiary/aromatic N) is 3. The number of amides is 3. The Hall–Kier alpha value is -2.08. The summed E-state index contributed by atoms with van der Waals surface area (Å²) in [7, 11) is 1.84. The quantitative estimate of drug-likeness (QED) is 0.873. The summed E-state index contributed by atoms with van der Waals surface area (Å²) in [5.41, 5.74) is 1.12. The minimum atomic E-state index is 0.0398. The van der Waals surface area contributed by atoms with Crippen molar-refractivity contribution in [3.63, 3.8) is 0 Å². The summed E-state index contributed by atoms with van der Waals surface area (Å²) in [6.07, 6.45) is 2.79. The van der Waals surface area contributed by atoms with Gasteiger partial charge in [-0.1, -0.05) is 30.3 Å². The molecule has 3 rings (SSSR count). The molecule has 26 heavy (non-hydrogen) atoms. The van der Waals surface area contributed by atoms with E-state index >= 15 is 0 Å². The average Bonchev–Trinajstić information content (AvgIpc) is 3.20. The third-order valence-corrected chi connectivity index (χ3v) is 5.42. The van der Waals surface area contributed by atoms with Gasteiger partial charge in [0.1, 0.15) is 0 Å². The molecule has 2 saturated heterocycles. The van der Waals surface area contributed by atoms with Crippen LogP contribution >= 0.6 is 0 Å². The Kier molecular flexibility index (Phi) is 6.50. The maximum atomic E-state index is 12.6. The highest BCUT2D eigenvalue weighted by Gasteiger charge is 2.26. The number of piperazine rings is 1. The van der Waals surface area contributed by atoms with Crippen molar-refractivity contribution in [3.8, 4) is 0 Å². The first-order valence-electron chi connectivity index (χ1n) is 9.66. The van der Waals surface area contributed by atoms with Gasteiger partial charge in [-0.25, -0.2) is 4.79 Å². The van der Waals surface area contributed by atoms with E-state index in [1.807, 2.05) is 47.2 Å². The average molecular weight is 358 g/mol. The predicted molar refractivity (Wildman–Crippen MR) is 102 cm³/mol. The lowest BCUT2D eigenvalue weighted by Crippen LogP contribution is -2.53. The van der Waals surface area contributed by atoms with Crippen molar-refractivity contribution in [1.29, 1.82) is 0 Å². The molecule has 2 aliphatic rings. The standard InChI is InChI=1S/C20H30N4O2/c1-22(16-18-5-3-2-4-6-18)20(26)24-13-11-23(12-14-24)19(25)8-7-17-9-10-21-15-17/h2-6,17,21H,7-16H2,1H3. The highest BCUT2D eigenvalue weighted by molar-refractivity contribution is 5.77. The smallest absolute Gasteiger partial charge is 0.320 e. The Bertz CT molecular complexity index is 593. The number of hydrogen-bond donors (Lipinski definition) is 1. The molecule has 2 aliphatic heterocycles. The number of carbonyl (C=O) groups excluding carboxylic acids is 2. The monoisotopic (exact) mass is 358 g/mol. The molecule has 1 unspecified atom stereocenters. The lowest BCUT2D eigenvalue weighted by molar-refractivity contribution is -0.132. The predicted octanol–water partition coefficient (Wildman–Crippen LogP) is 1.77. The third-order valence-electron chi connectivity index (χ3n) is 5.42. The molecular formula is C20H30N4O2. The Morgan fingerprint density at radius 1 is 1.12 bits per heavy atom. The van der Waals surface area contributed by atoms with Gasteiger partial charge in [-0.15, -0.1) is 0 Å². The van der Waals surface area contributed by atoms with Crippen LogP contribution in [-0.2, 0) is 11.3 Å². The molecule has 0 radical (unpaired) electrons. The summed E-state index contributed by atoms with van der Waals surface area (Å²) in [5, 5.41) is 3.35.